The molecule has 1 fully saturated rings. The highest BCUT2D eigenvalue weighted by molar-refractivity contribution is 5.99. The molecule has 1 aliphatic rings. The summed E-state index contributed by atoms with van der Waals surface area (Å²) in [4.78, 5) is 11.7. The van der Waals surface area contributed by atoms with Crippen molar-refractivity contribution in [3.8, 4) is 0 Å². The molecule has 0 saturated heterocycles. The Morgan fingerprint density at radius 2 is 1.94 bits per heavy atom. The predicted octanol–water partition coefficient (Wildman–Crippen LogP) is 1.83. The van der Waals surface area contributed by atoms with Gasteiger partial charge in [0.05, 0.1) is 5.56 Å². The SMILES string of the molecule is Nc1cc(F)c(F)cc1C(=O)NC1CCC1. The van der Waals surface area contributed by atoms with Crippen LogP contribution in [0, 0.1) is 11.6 Å². The van der Waals surface area contributed by atoms with Crippen molar-refractivity contribution >= 4 is 11.6 Å². The number of rotatable bonds is 2. The van der Waals surface area contributed by atoms with E-state index in [4.69, 9.17) is 5.73 Å². The topological polar surface area (TPSA) is 55.1 Å². The number of nitrogen functional groups attached to an aromatic ring is 1. The van der Waals surface area contributed by atoms with Crippen molar-refractivity contribution in [3.63, 3.8) is 0 Å². The maximum atomic E-state index is 12.9. The summed E-state index contributed by atoms with van der Waals surface area (Å²) in [7, 11) is 0. The Hall–Kier alpha value is -1.65. The van der Waals surface area contributed by atoms with Gasteiger partial charge >= 0.3 is 0 Å². The summed E-state index contributed by atoms with van der Waals surface area (Å²) in [6, 6.07) is 1.80. The van der Waals surface area contributed by atoms with E-state index in [2.05, 4.69) is 5.32 Å². The minimum Gasteiger partial charge on any atom is -0.398 e. The lowest BCUT2D eigenvalue weighted by Gasteiger charge is -2.26. The summed E-state index contributed by atoms with van der Waals surface area (Å²) in [6.45, 7) is 0. The number of halogens is 2. The molecule has 5 heteroatoms. The van der Waals surface area contributed by atoms with Crippen molar-refractivity contribution in [2.24, 2.45) is 0 Å². The highest BCUT2D eigenvalue weighted by atomic mass is 19.2. The van der Waals surface area contributed by atoms with Crippen LogP contribution in [0.25, 0.3) is 0 Å². The lowest BCUT2D eigenvalue weighted by Crippen LogP contribution is -2.39. The maximum Gasteiger partial charge on any atom is 0.253 e. The van der Waals surface area contributed by atoms with Gasteiger partial charge in [0.1, 0.15) is 0 Å². The zero-order valence-corrected chi connectivity index (χ0v) is 8.59. The molecule has 1 aliphatic carbocycles. The summed E-state index contributed by atoms with van der Waals surface area (Å²) < 4.78 is 25.7. The standard InChI is InChI=1S/C11H12F2N2O/c12-8-4-7(10(14)5-9(8)13)11(16)15-6-2-1-3-6/h4-6H,1-3,14H2,(H,15,16). The number of nitrogens with two attached hydrogens (primary N) is 1. The van der Waals surface area contributed by atoms with E-state index >= 15 is 0 Å². The Labute approximate surface area is 91.6 Å². The average molecular weight is 226 g/mol. The molecule has 1 aromatic carbocycles. The zero-order chi connectivity index (χ0) is 11.7. The normalized spacial score (nSPS) is 15.6. The molecular weight excluding hydrogens is 214 g/mol. The van der Waals surface area contributed by atoms with Crippen molar-refractivity contribution < 1.29 is 13.6 Å². The molecule has 86 valence electrons. The van der Waals surface area contributed by atoms with Crippen molar-refractivity contribution in [1.82, 2.24) is 5.32 Å². The molecule has 0 heterocycles. The van der Waals surface area contributed by atoms with Gasteiger partial charge in [-0.1, -0.05) is 0 Å². The van der Waals surface area contributed by atoms with Crippen LogP contribution < -0.4 is 11.1 Å². The third kappa shape index (κ3) is 1.98. The number of nitrogens with one attached hydrogen (secondary N) is 1. The van der Waals surface area contributed by atoms with E-state index in [1.54, 1.807) is 0 Å². The van der Waals surface area contributed by atoms with Crippen LogP contribution in [-0.4, -0.2) is 11.9 Å². The maximum absolute atomic E-state index is 12.9. The van der Waals surface area contributed by atoms with E-state index in [0.29, 0.717) is 0 Å². The molecule has 3 N–H and O–H groups in total. The summed E-state index contributed by atoms with van der Waals surface area (Å²) >= 11 is 0. The Kier molecular flexibility index (Phi) is 2.77. The van der Waals surface area contributed by atoms with Gasteiger partial charge in [0, 0.05) is 17.8 Å². The van der Waals surface area contributed by atoms with Gasteiger partial charge in [-0.25, -0.2) is 8.78 Å². The monoisotopic (exact) mass is 226 g/mol. The number of hydrogen-bond acceptors (Lipinski definition) is 2. The van der Waals surface area contributed by atoms with E-state index < -0.39 is 17.5 Å². The summed E-state index contributed by atoms with van der Waals surface area (Å²) in [5.41, 5.74) is 5.40. The first-order valence-corrected chi connectivity index (χ1v) is 5.13. The zero-order valence-electron chi connectivity index (χ0n) is 8.59. The van der Waals surface area contributed by atoms with Gasteiger partial charge in [0.25, 0.3) is 5.91 Å². The highest BCUT2D eigenvalue weighted by Crippen LogP contribution is 2.21. The fourth-order valence-corrected chi connectivity index (χ4v) is 1.57. The van der Waals surface area contributed by atoms with Gasteiger partial charge < -0.3 is 11.1 Å². The predicted molar refractivity (Wildman–Crippen MR) is 55.9 cm³/mol. The van der Waals surface area contributed by atoms with Gasteiger partial charge in [0.2, 0.25) is 0 Å². The minimum absolute atomic E-state index is 0.00852. The first-order chi connectivity index (χ1) is 7.58. The molecule has 0 radical (unpaired) electrons. The van der Waals surface area contributed by atoms with E-state index in [1.165, 1.54) is 0 Å². The van der Waals surface area contributed by atoms with E-state index in [9.17, 15) is 13.6 Å². The van der Waals surface area contributed by atoms with Crippen molar-refractivity contribution in [2.75, 3.05) is 5.73 Å². The second kappa shape index (κ2) is 4.08. The van der Waals surface area contributed by atoms with E-state index in [-0.39, 0.29) is 17.3 Å². The lowest BCUT2D eigenvalue weighted by molar-refractivity contribution is 0.0917. The third-order valence-corrected chi connectivity index (χ3v) is 2.78. The molecule has 0 aliphatic heterocycles. The number of carbonyl (C=O) groups excluding carboxylic acids is 1. The molecule has 0 unspecified atom stereocenters. The molecule has 0 bridgehead atoms. The third-order valence-electron chi connectivity index (χ3n) is 2.78. The molecule has 16 heavy (non-hydrogen) atoms. The number of hydrogen-bond donors (Lipinski definition) is 2. The van der Waals surface area contributed by atoms with E-state index in [0.717, 1.165) is 31.4 Å². The number of amides is 1. The fourth-order valence-electron chi connectivity index (χ4n) is 1.57. The van der Waals surface area contributed by atoms with Gasteiger partial charge in [-0.15, -0.1) is 0 Å². The van der Waals surface area contributed by atoms with Gasteiger partial charge in [-0.2, -0.15) is 0 Å². The summed E-state index contributed by atoms with van der Waals surface area (Å²) in [5.74, 6) is -2.55. The first kappa shape index (κ1) is 10.9. The second-order valence-electron chi connectivity index (χ2n) is 3.95. The molecular formula is C11H12F2N2O. The smallest absolute Gasteiger partial charge is 0.253 e. The largest absolute Gasteiger partial charge is 0.398 e. The van der Waals surface area contributed by atoms with Crippen LogP contribution in [0.3, 0.4) is 0 Å². The van der Waals surface area contributed by atoms with Crippen LogP contribution >= 0.6 is 0 Å². The molecule has 1 saturated carbocycles. The Morgan fingerprint density at radius 3 is 2.50 bits per heavy atom. The minimum atomic E-state index is -1.06. The van der Waals surface area contributed by atoms with Gasteiger partial charge in [-0.3, -0.25) is 4.79 Å². The molecule has 3 nitrogen and oxygen atoms in total. The Morgan fingerprint density at radius 1 is 1.31 bits per heavy atom. The summed E-state index contributed by atoms with van der Waals surface area (Å²) in [6.07, 6.45) is 2.93. The molecule has 1 amide bonds. The van der Waals surface area contributed by atoms with Crippen molar-refractivity contribution in [1.29, 1.82) is 0 Å². The van der Waals surface area contributed by atoms with Gasteiger partial charge in [0.15, 0.2) is 11.6 Å². The number of carbonyl (C=O) groups is 1. The lowest BCUT2D eigenvalue weighted by atomic mass is 9.93. The van der Waals surface area contributed by atoms with Crippen LogP contribution in [0.15, 0.2) is 12.1 Å². The Balaban J connectivity index is 2.18. The molecule has 1 aromatic rings. The molecule has 0 aromatic heterocycles. The van der Waals surface area contributed by atoms with Crippen LogP contribution in [-0.2, 0) is 0 Å². The number of benzene rings is 1. The second-order valence-corrected chi connectivity index (χ2v) is 3.95. The first-order valence-electron chi connectivity index (χ1n) is 5.13. The highest BCUT2D eigenvalue weighted by Gasteiger charge is 2.22. The van der Waals surface area contributed by atoms with Gasteiger partial charge in [-0.05, 0) is 25.3 Å². The molecule has 0 spiro atoms. The van der Waals surface area contributed by atoms with Crippen molar-refractivity contribution in [2.45, 2.75) is 25.3 Å². The van der Waals surface area contributed by atoms with Crippen LogP contribution in [0.2, 0.25) is 0 Å². The van der Waals surface area contributed by atoms with Crippen molar-refractivity contribution in [3.05, 3.63) is 29.3 Å². The van der Waals surface area contributed by atoms with Crippen LogP contribution in [0.4, 0.5) is 14.5 Å². The van der Waals surface area contributed by atoms with Crippen LogP contribution in [0.5, 0.6) is 0 Å². The fraction of sp³-hybridized carbons (Fsp3) is 0.364. The molecule has 0 atom stereocenters. The summed E-state index contributed by atoms with van der Waals surface area (Å²) in [5, 5.41) is 2.71. The number of anilines is 1. The molecule has 2 rings (SSSR count). The average Bonchev–Trinajstić information content (AvgIpc) is 2.17. The van der Waals surface area contributed by atoms with E-state index in [1.807, 2.05) is 0 Å². The van der Waals surface area contributed by atoms with Crippen LogP contribution in [0.1, 0.15) is 29.6 Å². The quantitative estimate of drug-likeness (QED) is 0.756. The Bertz CT molecular complexity index is 430.